The molecule has 3 aliphatic rings. The second-order valence-electron chi connectivity index (χ2n) is 7.19. The zero-order valence-corrected chi connectivity index (χ0v) is 16.2. The molecule has 0 saturated carbocycles. The number of urea groups is 1. The van der Waals surface area contributed by atoms with E-state index in [4.69, 9.17) is 4.99 Å². The molecule has 0 N–H and O–H groups in total. The molecule has 4 rings (SSSR count). The number of likely N-dealkylation sites (N-methyl/N-ethyl adjacent to an activating group) is 2. The first-order valence-corrected chi connectivity index (χ1v) is 9.05. The Hall–Kier alpha value is -3.03. The van der Waals surface area contributed by atoms with Crippen LogP contribution in [0.4, 0.5) is 16.2 Å². The molecule has 8 nitrogen and oxygen atoms in total. The molecular formula is C19H24N6O2. The van der Waals surface area contributed by atoms with E-state index in [-0.39, 0.29) is 11.9 Å². The molecule has 2 atom stereocenters. The fourth-order valence-corrected chi connectivity index (χ4v) is 3.86. The summed E-state index contributed by atoms with van der Waals surface area (Å²) < 4.78 is 0. The minimum Gasteiger partial charge on any atom is -0.378 e. The molecule has 0 radical (unpaired) electrons. The number of guanidine groups is 1. The van der Waals surface area contributed by atoms with Crippen molar-refractivity contribution in [3.05, 3.63) is 36.2 Å². The number of allylic oxidation sites excluding steroid dienone is 1. The largest absolute Gasteiger partial charge is 0.378 e. The number of hydrogen-bond acceptors (Lipinski definition) is 6. The van der Waals surface area contributed by atoms with Gasteiger partial charge in [-0.2, -0.15) is 0 Å². The number of carbonyl (C=O) groups is 2. The van der Waals surface area contributed by atoms with Crippen LogP contribution < -0.4 is 9.80 Å². The van der Waals surface area contributed by atoms with E-state index in [0.29, 0.717) is 12.5 Å². The van der Waals surface area contributed by atoms with Gasteiger partial charge in [-0.1, -0.05) is 0 Å². The van der Waals surface area contributed by atoms with Gasteiger partial charge in [0.2, 0.25) is 5.96 Å². The lowest BCUT2D eigenvalue weighted by molar-refractivity contribution is -0.136. The monoisotopic (exact) mass is 368 g/mol. The lowest BCUT2D eigenvalue weighted by atomic mass is 10.1. The molecule has 142 valence electrons. The van der Waals surface area contributed by atoms with Crippen LogP contribution in [0.3, 0.4) is 0 Å². The maximum Gasteiger partial charge on any atom is 0.328 e. The van der Waals surface area contributed by atoms with E-state index in [2.05, 4.69) is 0 Å². The first kappa shape index (κ1) is 17.4. The molecule has 1 aromatic carbocycles. The van der Waals surface area contributed by atoms with Gasteiger partial charge >= 0.3 is 6.03 Å². The van der Waals surface area contributed by atoms with Gasteiger partial charge in [0.25, 0.3) is 5.91 Å². The van der Waals surface area contributed by atoms with Crippen molar-refractivity contribution < 1.29 is 9.59 Å². The zero-order chi connectivity index (χ0) is 19.5. The molecule has 3 heterocycles. The summed E-state index contributed by atoms with van der Waals surface area (Å²) in [5.74, 6) is 0.490. The minimum atomic E-state index is -0.511. The molecule has 0 aromatic heterocycles. The van der Waals surface area contributed by atoms with Gasteiger partial charge in [-0.3, -0.25) is 14.6 Å². The Kier molecular flexibility index (Phi) is 3.87. The summed E-state index contributed by atoms with van der Waals surface area (Å²) in [4.78, 5) is 38.9. The van der Waals surface area contributed by atoms with Crippen molar-refractivity contribution in [2.24, 2.45) is 4.99 Å². The van der Waals surface area contributed by atoms with Crippen LogP contribution in [-0.2, 0) is 4.79 Å². The third-order valence-electron chi connectivity index (χ3n) is 5.33. The SMILES string of the molecule is CCN1C(=O)C2C(N=C3N(c4ccc(N(C)C)cc4)C(C)=CN32)N(C)C1=O. The minimum absolute atomic E-state index is 0.196. The van der Waals surface area contributed by atoms with Gasteiger partial charge in [-0.25, -0.2) is 9.79 Å². The highest BCUT2D eigenvalue weighted by Gasteiger charge is 2.54. The molecule has 0 aliphatic carbocycles. The number of imide groups is 1. The number of fused-ring (bicyclic) bond motifs is 3. The maximum atomic E-state index is 12.9. The fraction of sp³-hybridized carbons (Fsp3) is 0.421. The number of carbonyl (C=O) groups excluding carboxylic acids is 2. The van der Waals surface area contributed by atoms with Crippen LogP contribution in [0.2, 0.25) is 0 Å². The predicted octanol–water partition coefficient (Wildman–Crippen LogP) is 1.71. The number of anilines is 2. The molecular weight excluding hydrogens is 344 g/mol. The van der Waals surface area contributed by atoms with E-state index in [1.54, 1.807) is 11.9 Å². The summed E-state index contributed by atoms with van der Waals surface area (Å²) in [6.07, 6.45) is 1.44. The van der Waals surface area contributed by atoms with Gasteiger partial charge in [0.1, 0.15) is 0 Å². The smallest absolute Gasteiger partial charge is 0.328 e. The van der Waals surface area contributed by atoms with Crippen molar-refractivity contribution >= 4 is 29.3 Å². The molecule has 27 heavy (non-hydrogen) atoms. The Balaban J connectivity index is 1.70. The van der Waals surface area contributed by atoms with Crippen molar-refractivity contribution in [2.75, 3.05) is 37.5 Å². The van der Waals surface area contributed by atoms with Crippen LogP contribution in [0.5, 0.6) is 0 Å². The molecule has 2 unspecified atom stereocenters. The van der Waals surface area contributed by atoms with Gasteiger partial charge < -0.3 is 14.7 Å². The highest BCUT2D eigenvalue weighted by molar-refractivity contribution is 6.09. The number of benzene rings is 1. The number of hydrogen-bond donors (Lipinski definition) is 0. The second-order valence-corrected chi connectivity index (χ2v) is 7.19. The molecule has 1 aromatic rings. The Morgan fingerprint density at radius 1 is 1.15 bits per heavy atom. The summed E-state index contributed by atoms with van der Waals surface area (Å²) in [6, 6.07) is 7.37. The molecule has 3 aliphatic heterocycles. The Morgan fingerprint density at radius 2 is 1.81 bits per heavy atom. The summed E-state index contributed by atoms with van der Waals surface area (Å²) in [7, 11) is 5.71. The average molecular weight is 368 g/mol. The van der Waals surface area contributed by atoms with E-state index in [0.717, 1.165) is 17.1 Å². The van der Waals surface area contributed by atoms with Crippen LogP contribution in [0.15, 0.2) is 41.2 Å². The van der Waals surface area contributed by atoms with Crippen LogP contribution >= 0.6 is 0 Å². The van der Waals surface area contributed by atoms with E-state index in [9.17, 15) is 9.59 Å². The molecule has 1 saturated heterocycles. The van der Waals surface area contributed by atoms with Gasteiger partial charge in [0, 0.05) is 51.0 Å². The Labute approximate surface area is 158 Å². The number of aliphatic imine (C=N–C) groups is 1. The third kappa shape index (κ3) is 2.39. The van der Waals surface area contributed by atoms with Gasteiger partial charge in [0.15, 0.2) is 12.2 Å². The van der Waals surface area contributed by atoms with E-state index in [1.165, 1.54) is 4.90 Å². The van der Waals surface area contributed by atoms with Crippen molar-refractivity contribution in [2.45, 2.75) is 26.1 Å². The van der Waals surface area contributed by atoms with Crippen molar-refractivity contribution in [1.29, 1.82) is 0 Å². The summed E-state index contributed by atoms with van der Waals surface area (Å²) in [5, 5.41) is 0. The standard InChI is InChI=1S/C19H24N6O2/c1-6-23-17(26)15-16(22(5)19(23)27)20-18-24(15)11-12(2)25(18)14-9-7-13(8-10-14)21(3)4/h7-11,15-16H,6H2,1-5H3. The van der Waals surface area contributed by atoms with Crippen LogP contribution in [0.1, 0.15) is 13.8 Å². The average Bonchev–Trinajstić information content (AvgIpc) is 3.15. The lowest BCUT2D eigenvalue weighted by Crippen LogP contribution is -2.64. The molecule has 3 amide bonds. The highest BCUT2D eigenvalue weighted by atomic mass is 16.2. The second kappa shape index (κ2) is 6.00. The normalized spacial score (nSPS) is 24.2. The van der Waals surface area contributed by atoms with Gasteiger partial charge in [-0.05, 0) is 38.1 Å². The lowest BCUT2D eigenvalue weighted by Gasteiger charge is -2.39. The summed E-state index contributed by atoms with van der Waals surface area (Å²) >= 11 is 0. The van der Waals surface area contributed by atoms with Crippen LogP contribution in [-0.4, -0.2) is 72.5 Å². The predicted molar refractivity (Wildman–Crippen MR) is 104 cm³/mol. The van der Waals surface area contributed by atoms with E-state index in [1.807, 2.05) is 73.1 Å². The number of nitrogens with zero attached hydrogens (tertiary/aromatic N) is 6. The third-order valence-corrected chi connectivity index (χ3v) is 5.33. The topological polar surface area (TPSA) is 62.7 Å². The first-order chi connectivity index (χ1) is 12.8. The van der Waals surface area contributed by atoms with Crippen LogP contribution in [0, 0.1) is 0 Å². The first-order valence-electron chi connectivity index (χ1n) is 9.05. The van der Waals surface area contributed by atoms with E-state index < -0.39 is 12.2 Å². The Bertz CT molecular complexity index is 859. The quantitative estimate of drug-likeness (QED) is 0.813. The van der Waals surface area contributed by atoms with Crippen molar-refractivity contribution in [3.63, 3.8) is 0 Å². The van der Waals surface area contributed by atoms with E-state index >= 15 is 0 Å². The molecule has 0 bridgehead atoms. The fourth-order valence-electron chi connectivity index (χ4n) is 3.86. The number of amides is 3. The van der Waals surface area contributed by atoms with Crippen LogP contribution in [0.25, 0.3) is 0 Å². The number of rotatable bonds is 3. The van der Waals surface area contributed by atoms with Crippen molar-refractivity contribution in [3.8, 4) is 0 Å². The highest BCUT2D eigenvalue weighted by Crippen LogP contribution is 2.36. The molecule has 0 spiro atoms. The maximum absolute atomic E-state index is 12.9. The molecule has 1 fully saturated rings. The van der Waals surface area contributed by atoms with Gasteiger partial charge in [0.05, 0.1) is 0 Å². The zero-order valence-electron chi connectivity index (χ0n) is 16.2. The Morgan fingerprint density at radius 3 is 2.41 bits per heavy atom. The molecule has 8 heteroatoms. The summed E-state index contributed by atoms with van der Waals surface area (Å²) in [6.45, 7) is 4.16. The van der Waals surface area contributed by atoms with Crippen molar-refractivity contribution in [1.82, 2.24) is 14.7 Å². The van der Waals surface area contributed by atoms with Gasteiger partial charge in [-0.15, -0.1) is 0 Å². The summed E-state index contributed by atoms with van der Waals surface area (Å²) in [5.41, 5.74) is 3.07.